The summed E-state index contributed by atoms with van der Waals surface area (Å²) in [7, 11) is 0. The van der Waals surface area contributed by atoms with Crippen LogP contribution in [0.5, 0.6) is 11.5 Å². The summed E-state index contributed by atoms with van der Waals surface area (Å²) < 4.78 is 24.5. The largest absolute Gasteiger partial charge is 0.490 e. The minimum atomic E-state index is -0.811. The Morgan fingerprint density at radius 1 is 1.23 bits per heavy atom. The third-order valence-electron chi connectivity index (χ3n) is 3.94. The number of carboxylic acids is 1. The van der Waals surface area contributed by atoms with Gasteiger partial charge >= 0.3 is 5.97 Å². The van der Waals surface area contributed by atoms with Gasteiger partial charge in [0.25, 0.3) is 0 Å². The van der Waals surface area contributed by atoms with Gasteiger partial charge in [-0.25, -0.2) is 4.39 Å². The maximum Gasteiger partial charge on any atom is 0.318 e. The number of carbonyl (C=O) groups is 1. The van der Waals surface area contributed by atoms with Crippen molar-refractivity contribution in [1.82, 2.24) is 5.32 Å². The number of nitrogens with one attached hydrogen (secondary N) is 1. The number of rotatable bonds is 7. The number of hydrogen-bond donors (Lipinski definition) is 2. The van der Waals surface area contributed by atoms with Gasteiger partial charge in [0.1, 0.15) is 17.7 Å². The maximum absolute atomic E-state index is 13.0. The fraction of sp³-hybridized carbons (Fsp3) is 0.316. The third kappa shape index (κ3) is 4.47. The minimum absolute atomic E-state index is 0.0959. The highest BCUT2D eigenvalue weighted by molar-refractivity contribution is 8.01. The maximum atomic E-state index is 13.0. The molecule has 2 atom stereocenters. The van der Waals surface area contributed by atoms with E-state index in [1.807, 2.05) is 25.1 Å². The van der Waals surface area contributed by atoms with Crippen molar-refractivity contribution in [2.24, 2.45) is 0 Å². The summed E-state index contributed by atoms with van der Waals surface area (Å²) in [6, 6.07) is 11.7. The van der Waals surface area contributed by atoms with E-state index in [2.05, 4.69) is 5.32 Å². The molecular weight excluding hydrogens is 357 g/mol. The Balaban J connectivity index is 1.72. The van der Waals surface area contributed by atoms with Crippen LogP contribution in [0.3, 0.4) is 0 Å². The van der Waals surface area contributed by atoms with Crippen molar-refractivity contribution in [2.45, 2.75) is 24.2 Å². The molecule has 0 unspecified atom stereocenters. The second kappa shape index (κ2) is 8.42. The average molecular weight is 377 g/mol. The van der Waals surface area contributed by atoms with Gasteiger partial charge in [-0.1, -0.05) is 18.2 Å². The van der Waals surface area contributed by atoms with E-state index in [1.165, 1.54) is 23.9 Å². The summed E-state index contributed by atoms with van der Waals surface area (Å²) in [5.41, 5.74) is 1.80. The van der Waals surface area contributed by atoms with E-state index in [0.717, 1.165) is 11.1 Å². The van der Waals surface area contributed by atoms with Crippen molar-refractivity contribution in [3.63, 3.8) is 0 Å². The Labute approximate surface area is 155 Å². The zero-order valence-corrected chi connectivity index (χ0v) is 15.1. The Kier molecular flexibility index (Phi) is 6.00. The first-order valence-electron chi connectivity index (χ1n) is 8.32. The molecule has 1 aliphatic rings. The second-order valence-electron chi connectivity index (χ2n) is 5.81. The second-order valence-corrected chi connectivity index (χ2v) is 7.12. The number of halogens is 1. The Bertz CT molecular complexity index is 769. The van der Waals surface area contributed by atoms with Gasteiger partial charge in [0, 0.05) is 6.54 Å². The first-order valence-corrected chi connectivity index (χ1v) is 9.26. The molecule has 3 rings (SSSR count). The van der Waals surface area contributed by atoms with E-state index in [0.29, 0.717) is 31.3 Å². The standard InChI is InChI=1S/C19H20FNO4S/c1-2-24-16-9-13(18-21-10-17(26-18)19(22)23)5-8-15(16)25-11-12-3-6-14(20)7-4-12/h3-9,17-18,21H,2,10-11H2,1H3,(H,22,23)/t17-,18-/m1/s1. The summed E-state index contributed by atoms with van der Waals surface area (Å²) >= 11 is 1.37. The topological polar surface area (TPSA) is 67.8 Å². The molecular formula is C19H20FNO4S. The van der Waals surface area contributed by atoms with Crippen LogP contribution in [-0.4, -0.2) is 29.5 Å². The van der Waals surface area contributed by atoms with Crippen molar-refractivity contribution in [1.29, 1.82) is 0 Å². The quantitative estimate of drug-likeness (QED) is 0.769. The van der Waals surface area contributed by atoms with Crippen LogP contribution in [-0.2, 0) is 11.4 Å². The number of thioether (sulfide) groups is 1. The van der Waals surface area contributed by atoms with Gasteiger partial charge in [-0.15, -0.1) is 11.8 Å². The van der Waals surface area contributed by atoms with Gasteiger partial charge in [0.2, 0.25) is 0 Å². The number of hydrogen-bond acceptors (Lipinski definition) is 5. The Hall–Kier alpha value is -2.25. The first kappa shape index (κ1) is 18.5. The molecule has 1 saturated heterocycles. The Morgan fingerprint density at radius 2 is 2.00 bits per heavy atom. The molecule has 0 spiro atoms. The smallest absolute Gasteiger partial charge is 0.318 e. The summed E-state index contributed by atoms with van der Waals surface area (Å²) in [6.07, 6.45) is 0. The molecule has 5 nitrogen and oxygen atoms in total. The van der Waals surface area contributed by atoms with Gasteiger partial charge in [-0.05, 0) is 42.3 Å². The number of carboxylic acid groups (broad SMARTS) is 1. The third-order valence-corrected chi connectivity index (χ3v) is 5.35. The molecule has 0 radical (unpaired) electrons. The molecule has 1 heterocycles. The number of benzene rings is 2. The van der Waals surface area contributed by atoms with Crippen molar-refractivity contribution >= 4 is 17.7 Å². The molecule has 2 aromatic carbocycles. The zero-order chi connectivity index (χ0) is 18.5. The molecule has 0 aromatic heterocycles. The van der Waals surface area contributed by atoms with Crippen LogP contribution >= 0.6 is 11.8 Å². The molecule has 7 heteroatoms. The lowest BCUT2D eigenvalue weighted by Gasteiger charge is -2.16. The average Bonchev–Trinajstić information content (AvgIpc) is 3.13. The zero-order valence-electron chi connectivity index (χ0n) is 14.3. The lowest BCUT2D eigenvalue weighted by atomic mass is 10.2. The Morgan fingerprint density at radius 3 is 2.65 bits per heavy atom. The van der Waals surface area contributed by atoms with Gasteiger partial charge in [-0.2, -0.15) is 0 Å². The normalized spacial score (nSPS) is 19.3. The van der Waals surface area contributed by atoms with Crippen LogP contribution in [0, 0.1) is 5.82 Å². The van der Waals surface area contributed by atoms with E-state index < -0.39 is 11.2 Å². The monoisotopic (exact) mass is 377 g/mol. The number of aliphatic carboxylic acids is 1. The molecule has 26 heavy (non-hydrogen) atoms. The lowest BCUT2D eigenvalue weighted by Crippen LogP contribution is -2.21. The van der Waals surface area contributed by atoms with Crippen molar-refractivity contribution in [2.75, 3.05) is 13.2 Å². The highest BCUT2D eigenvalue weighted by Gasteiger charge is 2.31. The summed E-state index contributed by atoms with van der Waals surface area (Å²) in [5.74, 6) is 0.106. The molecule has 2 aromatic rings. The summed E-state index contributed by atoms with van der Waals surface area (Å²) in [4.78, 5) is 11.1. The molecule has 1 fully saturated rings. The molecule has 0 saturated carbocycles. The van der Waals surface area contributed by atoms with Crippen LogP contribution < -0.4 is 14.8 Å². The van der Waals surface area contributed by atoms with Crippen LogP contribution in [0.4, 0.5) is 4.39 Å². The van der Waals surface area contributed by atoms with Crippen molar-refractivity contribution in [3.8, 4) is 11.5 Å². The molecule has 2 N–H and O–H groups in total. The van der Waals surface area contributed by atoms with Gasteiger partial charge in [0.15, 0.2) is 11.5 Å². The molecule has 0 aliphatic carbocycles. The molecule has 138 valence electrons. The number of ether oxygens (including phenoxy) is 2. The van der Waals surface area contributed by atoms with E-state index in [9.17, 15) is 9.18 Å². The lowest BCUT2D eigenvalue weighted by molar-refractivity contribution is -0.136. The highest BCUT2D eigenvalue weighted by atomic mass is 32.2. The van der Waals surface area contributed by atoms with E-state index >= 15 is 0 Å². The van der Waals surface area contributed by atoms with Gasteiger partial charge in [-0.3, -0.25) is 10.1 Å². The van der Waals surface area contributed by atoms with Crippen LogP contribution in [0.2, 0.25) is 0 Å². The molecule has 1 aliphatic heterocycles. The SMILES string of the molecule is CCOc1cc([C@@H]2NC[C@H](C(=O)O)S2)ccc1OCc1ccc(F)cc1. The van der Waals surface area contributed by atoms with E-state index in [-0.39, 0.29) is 11.2 Å². The molecule has 0 bridgehead atoms. The predicted octanol–water partition coefficient (Wildman–Crippen LogP) is 3.59. The fourth-order valence-electron chi connectivity index (χ4n) is 2.63. The van der Waals surface area contributed by atoms with Crippen molar-refractivity contribution < 1.29 is 23.8 Å². The van der Waals surface area contributed by atoms with E-state index in [1.54, 1.807) is 12.1 Å². The van der Waals surface area contributed by atoms with Gasteiger partial charge in [0.05, 0.1) is 12.0 Å². The summed E-state index contributed by atoms with van der Waals surface area (Å²) in [6.45, 7) is 3.10. The summed E-state index contributed by atoms with van der Waals surface area (Å²) in [5, 5.41) is 11.8. The van der Waals surface area contributed by atoms with Crippen LogP contribution in [0.1, 0.15) is 23.4 Å². The van der Waals surface area contributed by atoms with Crippen LogP contribution in [0.15, 0.2) is 42.5 Å². The first-order chi connectivity index (χ1) is 12.6. The highest BCUT2D eigenvalue weighted by Crippen LogP contribution is 2.39. The van der Waals surface area contributed by atoms with Crippen LogP contribution in [0.25, 0.3) is 0 Å². The van der Waals surface area contributed by atoms with Gasteiger partial charge < -0.3 is 14.6 Å². The van der Waals surface area contributed by atoms with Crippen molar-refractivity contribution in [3.05, 3.63) is 59.4 Å². The molecule has 0 amide bonds. The fourth-order valence-corrected chi connectivity index (χ4v) is 3.77. The predicted molar refractivity (Wildman–Crippen MR) is 98.1 cm³/mol. The minimum Gasteiger partial charge on any atom is -0.490 e. The van der Waals surface area contributed by atoms with E-state index in [4.69, 9.17) is 14.6 Å².